The van der Waals surface area contributed by atoms with Crippen molar-refractivity contribution in [3.8, 4) is 22.3 Å². The fraction of sp³-hybridized carbons (Fsp3) is 0. The Morgan fingerprint density at radius 3 is 1.38 bits per heavy atom. The standard InChI is InChI=1S/C34H22/c1-3-13-25-23(10-1)12-9-19-28(25)32-20-21-33(30-17-7-6-16-29(30)32)34-22-24-11-2-4-14-26(24)27-15-5-8-18-31(27)34/h1-22H. The molecule has 0 nitrogen and oxygen atoms in total. The molecule has 0 aliphatic carbocycles. The minimum Gasteiger partial charge on any atom is -0.0616 e. The minimum atomic E-state index is 1.27. The lowest BCUT2D eigenvalue weighted by molar-refractivity contribution is 1.67. The Hall–Kier alpha value is -4.42. The summed E-state index contributed by atoms with van der Waals surface area (Å²) in [6.45, 7) is 0. The molecule has 0 fully saturated rings. The highest BCUT2D eigenvalue weighted by molar-refractivity contribution is 6.17. The van der Waals surface area contributed by atoms with Gasteiger partial charge >= 0.3 is 0 Å². The van der Waals surface area contributed by atoms with Gasteiger partial charge in [-0.25, -0.2) is 0 Å². The van der Waals surface area contributed by atoms with Crippen LogP contribution in [0.2, 0.25) is 0 Å². The summed E-state index contributed by atoms with van der Waals surface area (Å²) in [5.41, 5.74) is 5.13. The molecular weight excluding hydrogens is 408 g/mol. The number of hydrogen-bond acceptors (Lipinski definition) is 0. The Balaban J connectivity index is 1.57. The molecule has 0 aliphatic rings. The lowest BCUT2D eigenvalue weighted by Crippen LogP contribution is -1.89. The maximum absolute atomic E-state index is 2.36. The van der Waals surface area contributed by atoms with Crippen LogP contribution in [0.5, 0.6) is 0 Å². The van der Waals surface area contributed by atoms with Gasteiger partial charge < -0.3 is 0 Å². The van der Waals surface area contributed by atoms with E-state index in [4.69, 9.17) is 0 Å². The summed E-state index contributed by atoms with van der Waals surface area (Å²) in [6.07, 6.45) is 0. The SMILES string of the molecule is c1ccc2c(-c3ccc(-c4cc5ccccc5c5ccccc45)c4ccccc34)cccc2c1. The summed E-state index contributed by atoms with van der Waals surface area (Å²) < 4.78 is 0. The molecule has 0 amide bonds. The molecule has 0 saturated carbocycles. The highest BCUT2D eigenvalue weighted by Crippen LogP contribution is 2.41. The van der Waals surface area contributed by atoms with Crippen molar-refractivity contribution in [1.82, 2.24) is 0 Å². The number of hydrogen-bond donors (Lipinski definition) is 0. The summed E-state index contributed by atoms with van der Waals surface area (Å²) in [6, 6.07) is 48.6. The Labute approximate surface area is 198 Å². The molecule has 0 radical (unpaired) electrons. The summed E-state index contributed by atoms with van der Waals surface area (Å²) in [7, 11) is 0. The minimum absolute atomic E-state index is 1.27. The Bertz CT molecular complexity index is 1850. The lowest BCUT2D eigenvalue weighted by Gasteiger charge is -2.16. The third kappa shape index (κ3) is 2.86. The van der Waals surface area contributed by atoms with E-state index >= 15 is 0 Å². The summed E-state index contributed by atoms with van der Waals surface area (Å²) >= 11 is 0. The third-order valence-corrected chi connectivity index (χ3v) is 7.06. The van der Waals surface area contributed by atoms with Crippen LogP contribution in [-0.4, -0.2) is 0 Å². The Kier molecular flexibility index (Phi) is 4.25. The van der Waals surface area contributed by atoms with Gasteiger partial charge in [-0.15, -0.1) is 0 Å². The van der Waals surface area contributed by atoms with Crippen LogP contribution >= 0.6 is 0 Å². The smallest absolute Gasteiger partial charge is 0.00928 e. The normalized spacial score (nSPS) is 11.5. The molecule has 0 aliphatic heterocycles. The predicted molar refractivity (Wildman–Crippen MR) is 147 cm³/mol. The van der Waals surface area contributed by atoms with Crippen LogP contribution in [0.1, 0.15) is 0 Å². The zero-order valence-corrected chi connectivity index (χ0v) is 18.7. The molecule has 7 aromatic rings. The predicted octanol–water partition coefficient (Wildman–Crippen LogP) is 9.63. The van der Waals surface area contributed by atoms with Crippen molar-refractivity contribution in [2.24, 2.45) is 0 Å². The van der Waals surface area contributed by atoms with E-state index in [1.807, 2.05) is 0 Å². The van der Waals surface area contributed by atoms with Crippen LogP contribution in [0.15, 0.2) is 133 Å². The van der Waals surface area contributed by atoms with E-state index in [0.717, 1.165) is 0 Å². The highest BCUT2D eigenvalue weighted by Gasteiger charge is 2.14. The van der Waals surface area contributed by atoms with Gasteiger partial charge in [0.05, 0.1) is 0 Å². The fourth-order valence-corrected chi connectivity index (χ4v) is 5.51. The Morgan fingerprint density at radius 2 is 0.676 bits per heavy atom. The van der Waals surface area contributed by atoms with Crippen LogP contribution in [0, 0.1) is 0 Å². The quantitative estimate of drug-likeness (QED) is 0.239. The molecule has 0 saturated heterocycles. The van der Waals surface area contributed by atoms with Gasteiger partial charge in [-0.05, 0) is 71.4 Å². The largest absolute Gasteiger partial charge is 0.0616 e. The lowest BCUT2D eigenvalue weighted by atomic mass is 9.87. The molecule has 0 N–H and O–H groups in total. The monoisotopic (exact) mass is 430 g/mol. The van der Waals surface area contributed by atoms with E-state index in [0.29, 0.717) is 0 Å². The van der Waals surface area contributed by atoms with Gasteiger partial charge in [-0.2, -0.15) is 0 Å². The van der Waals surface area contributed by atoms with Crippen molar-refractivity contribution >= 4 is 43.1 Å². The third-order valence-electron chi connectivity index (χ3n) is 7.06. The van der Waals surface area contributed by atoms with Gasteiger partial charge in [0, 0.05) is 0 Å². The van der Waals surface area contributed by atoms with Crippen molar-refractivity contribution in [1.29, 1.82) is 0 Å². The first-order valence-electron chi connectivity index (χ1n) is 11.8. The second-order valence-corrected chi connectivity index (χ2v) is 8.92. The van der Waals surface area contributed by atoms with Crippen molar-refractivity contribution in [2.45, 2.75) is 0 Å². The molecule has 7 aromatic carbocycles. The molecule has 0 heterocycles. The number of fused-ring (bicyclic) bond motifs is 5. The van der Waals surface area contributed by atoms with Gasteiger partial charge in [0.15, 0.2) is 0 Å². The van der Waals surface area contributed by atoms with E-state index in [2.05, 4.69) is 133 Å². The van der Waals surface area contributed by atoms with E-state index < -0.39 is 0 Å². The van der Waals surface area contributed by atoms with Gasteiger partial charge in [-0.3, -0.25) is 0 Å². The first kappa shape index (κ1) is 19.1. The fourth-order valence-electron chi connectivity index (χ4n) is 5.51. The summed E-state index contributed by atoms with van der Waals surface area (Å²) in [4.78, 5) is 0. The molecule has 7 rings (SSSR count). The van der Waals surface area contributed by atoms with E-state index in [1.54, 1.807) is 0 Å². The van der Waals surface area contributed by atoms with Crippen molar-refractivity contribution in [3.63, 3.8) is 0 Å². The topological polar surface area (TPSA) is 0 Å². The van der Waals surface area contributed by atoms with Crippen LogP contribution < -0.4 is 0 Å². The second kappa shape index (κ2) is 7.57. The van der Waals surface area contributed by atoms with E-state index in [9.17, 15) is 0 Å². The van der Waals surface area contributed by atoms with Crippen LogP contribution in [-0.2, 0) is 0 Å². The van der Waals surface area contributed by atoms with E-state index in [-0.39, 0.29) is 0 Å². The first-order valence-corrected chi connectivity index (χ1v) is 11.8. The molecule has 0 aromatic heterocycles. The first-order chi connectivity index (χ1) is 16.9. The molecule has 0 unspecified atom stereocenters. The molecule has 34 heavy (non-hydrogen) atoms. The molecule has 0 spiro atoms. The van der Waals surface area contributed by atoms with Gasteiger partial charge in [0.2, 0.25) is 0 Å². The average molecular weight is 431 g/mol. The van der Waals surface area contributed by atoms with Gasteiger partial charge in [-0.1, -0.05) is 127 Å². The van der Waals surface area contributed by atoms with Crippen molar-refractivity contribution < 1.29 is 0 Å². The molecule has 0 bridgehead atoms. The summed E-state index contributed by atoms with van der Waals surface area (Å²) in [5.74, 6) is 0. The van der Waals surface area contributed by atoms with Gasteiger partial charge in [0.25, 0.3) is 0 Å². The zero-order valence-electron chi connectivity index (χ0n) is 18.7. The van der Waals surface area contributed by atoms with Gasteiger partial charge in [0.1, 0.15) is 0 Å². The molecular formula is C34H22. The molecule has 0 atom stereocenters. The Morgan fingerprint density at radius 1 is 0.235 bits per heavy atom. The van der Waals surface area contributed by atoms with Crippen LogP contribution in [0.4, 0.5) is 0 Å². The maximum atomic E-state index is 2.36. The molecule has 0 heteroatoms. The maximum Gasteiger partial charge on any atom is -0.00928 e. The zero-order chi connectivity index (χ0) is 22.5. The number of rotatable bonds is 2. The second-order valence-electron chi connectivity index (χ2n) is 8.92. The van der Waals surface area contributed by atoms with Crippen LogP contribution in [0.25, 0.3) is 65.3 Å². The average Bonchev–Trinajstić information content (AvgIpc) is 2.92. The number of benzene rings is 7. The van der Waals surface area contributed by atoms with Crippen molar-refractivity contribution in [2.75, 3.05) is 0 Å². The van der Waals surface area contributed by atoms with Crippen molar-refractivity contribution in [3.05, 3.63) is 133 Å². The highest BCUT2D eigenvalue weighted by atomic mass is 14.2. The van der Waals surface area contributed by atoms with E-state index in [1.165, 1.54) is 65.3 Å². The summed E-state index contributed by atoms with van der Waals surface area (Å²) in [5, 5.41) is 10.3. The van der Waals surface area contributed by atoms with Crippen LogP contribution in [0.3, 0.4) is 0 Å². The molecule has 158 valence electrons.